The van der Waals surface area contributed by atoms with Gasteiger partial charge in [0.2, 0.25) is 0 Å². The SMILES string of the molecule is CCOC(=O)CCn1ccc(/C=C2\CN(C(C(=O)C3CC3)c3ccccc3F)CC[C@H]2S)n1.Cl. The average Bonchev–Trinajstić information content (AvgIpc) is 3.56. The lowest BCUT2D eigenvalue weighted by molar-refractivity contribution is -0.143. The molecule has 2 aliphatic rings. The lowest BCUT2D eigenvalue weighted by atomic mass is 9.93. The number of hydrogen-bond donors (Lipinski definition) is 1. The molecular formula is C25H31ClFN3O3S. The summed E-state index contributed by atoms with van der Waals surface area (Å²) in [7, 11) is 0. The number of aryl methyl sites for hydroxylation is 1. The molecule has 6 nitrogen and oxygen atoms in total. The number of Topliss-reactive ketones (excluding diaryl/α,β-unsaturated/α-hetero) is 1. The summed E-state index contributed by atoms with van der Waals surface area (Å²) in [4.78, 5) is 26.8. The second-order valence-corrected chi connectivity index (χ2v) is 9.28. The molecule has 184 valence electrons. The fraction of sp³-hybridized carbons (Fsp3) is 0.480. The van der Waals surface area contributed by atoms with Gasteiger partial charge in [-0.1, -0.05) is 18.2 Å². The van der Waals surface area contributed by atoms with Gasteiger partial charge in [0.1, 0.15) is 5.82 Å². The van der Waals surface area contributed by atoms with Gasteiger partial charge in [-0.05, 0) is 50.0 Å². The van der Waals surface area contributed by atoms with Crippen LogP contribution in [0.5, 0.6) is 0 Å². The number of hydrogen-bond acceptors (Lipinski definition) is 6. The van der Waals surface area contributed by atoms with Crippen LogP contribution in [0.3, 0.4) is 0 Å². The van der Waals surface area contributed by atoms with Gasteiger partial charge in [-0.2, -0.15) is 17.7 Å². The highest BCUT2D eigenvalue weighted by Crippen LogP contribution is 2.39. The Hall–Kier alpha value is -2.16. The standard InChI is InChI=1S/C25H30FN3O3S.ClH/c1-2-32-23(30)11-14-29-13-9-19(27-29)15-18-16-28(12-10-22(18)33)24(25(31)17-7-8-17)20-5-3-4-6-21(20)26;/h3-6,9,13,15,17,22,24,33H,2,7-8,10-12,14,16H2,1H3;1H/b18-15+;/t22-,24?;/m1./s1. The van der Waals surface area contributed by atoms with Gasteiger partial charge < -0.3 is 4.74 Å². The van der Waals surface area contributed by atoms with E-state index < -0.39 is 6.04 Å². The first-order chi connectivity index (χ1) is 16.0. The Labute approximate surface area is 211 Å². The van der Waals surface area contributed by atoms with Crippen LogP contribution in [0, 0.1) is 11.7 Å². The summed E-state index contributed by atoms with van der Waals surface area (Å²) in [5, 5.41) is 4.58. The number of carbonyl (C=O) groups excluding carboxylic acids is 2. The zero-order valence-corrected chi connectivity index (χ0v) is 20.9. The Kier molecular flexibility index (Phi) is 9.33. The Morgan fingerprint density at radius 3 is 2.74 bits per heavy atom. The van der Waals surface area contributed by atoms with E-state index >= 15 is 0 Å². The molecule has 0 radical (unpaired) electrons. The van der Waals surface area contributed by atoms with Crippen LogP contribution in [0.1, 0.15) is 49.9 Å². The predicted molar refractivity (Wildman–Crippen MR) is 135 cm³/mol. The van der Waals surface area contributed by atoms with Gasteiger partial charge in [0, 0.05) is 36.0 Å². The van der Waals surface area contributed by atoms with Gasteiger partial charge in [-0.3, -0.25) is 19.2 Å². The number of nitrogens with zero attached hydrogens (tertiary/aromatic N) is 3. The van der Waals surface area contributed by atoms with Crippen molar-refractivity contribution in [2.45, 2.75) is 50.4 Å². The van der Waals surface area contributed by atoms with Crippen LogP contribution in [0.25, 0.3) is 6.08 Å². The van der Waals surface area contributed by atoms with Crippen LogP contribution in [0.2, 0.25) is 0 Å². The van der Waals surface area contributed by atoms with Crippen LogP contribution in [0.15, 0.2) is 42.1 Å². The van der Waals surface area contributed by atoms with Crippen LogP contribution in [-0.2, 0) is 20.9 Å². The minimum atomic E-state index is -0.579. The lowest BCUT2D eigenvalue weighted by Gasteiger charge is -2.37. The zero-order chi connectivity index (χ0) is 23.4. The van der Waals surface area contributed by atoms with Gasteiger partial charge in [0.05, 0.1) is 31.3 Å². The number of ketones is 1. The summed E-state index contributed by atoms with van der Waals surface area (Å²) in [6.07, 6.45) is 6.63. The molecule has 1 aliphatic heterocycles. The molecule has 1 unspecified atom stereocenters. The van der Waals surface area contributed by atoms with Crippen molar-refractivity contribution in [1.29, 1.82) is 0 Å². The molecule has 2 aromatic rings. The first-order valence-corrected chi connectivity index (χ1v) is 12.1. The molecule has 34 heavy (non-hydrogen) atoms. The van der Waals surface area contributed by atoms with E-state index in [1.165, 1.54) is 6.07 Å². The minimum Gasteiger partial charge on any atom is -0.466 e. The van der Waals surface area contributed by atoms with Crippen molar-refractivity contribution in [3.63, 3.8) is 0 Å². The number of thiol groups is 1. The fourth-order valence-electron chi connectivity index (χ4n) is 4.28. The van der Waals surface area contributed by atoms with E-state index in [0.29, 0.717) is 31.8 Å². The highest BCUT2D eigenvalue weighted by Gasteiger charge is 2.40. The van der Waals surface area contributed by atoms with Gasteiger partial charge in [-0.15, -0.1) is 12.4 Å². The highest BCUT2D eigenvalue weighted by molar-refractivity contribution is 7.81. The number of halogens is 2. The molecule has 0 N–H and O–H groups in total. The third-order valence-electron chi connectivity index (χ3n) is 6.16. The molecule has 1 saturated carbocycles. The van der Waals surface area contributed by atoms with Gasteiger partial charge >= 0.3 is 5.97 Å². The minimum absolute atomic E-state index is 0. The van der Waals surface area contributed by atoms with Crippen LogP contribution in [-0.4, -0.2) is 51.4 Å². The second kappa shape index (κ2) is 12.0. The van der Waals surface area contributed by atoms with E-state index in [2.05, 4.69) is 10.00 Å². The molecule has 1 aromatic heterocycles. The van der Waals surface area contributed by atoms with Crippen molar-refractivity contribution < 1.29 is 18.7 Å². The monoisotopic (exact) mass is 507 g/mol. The van der Waals surface area contributed by atoms with Crippen molar-refractivity contribution in [3.05, 3.63) is 59.2 Å². The molecule has 9 heteroatoms. The van der Waals surface area contributed by atoms with Crippen molar-refractivity contribution in [1.82, 2.24) is 14.7 Å². The van der Waals surface area contributed by atoms with Crippen LogP contribution >= 0.6 is 25.0 Å². The number of ether oxygens (including phenoxy) is 1. The molecular weight excluding hydrogens is 477 g/mol. The number of rotatable bonds is 9. The fourth-order valence-corrected chi connectivity index (χ4v) is 4.55. The van der Waals surface area contributed by atoms with Gasteiger partial charge in [0.25, 0.3) is 0 Å². The van der Waals surface area contributed by atoms with Crippen LogP contribution in [0.4, 0.5) is 4.39 Å². The van der Waals surface area contributed by atoms with E-state index in [1.54, 1.807) is 29.8 Å². The molecule has 0 amide bonds. The molecule has 4 rings (SSSR count). The van der Waals surface area contributed by atoms with Crippen LogP contribution < -0.4 is 0 Å². The van der Waals surface area contributed by atoms with E-state index in [1.807, 2.05) is 18.3 Å². The summed E-state index contributed by atoms with van der Waals surface area (Å²) < 4.78 is 21.4. The van der Waals surface area contributed by atoms with E-state index in [9.17, 15) is 14.0 Å². The van der Waals surface area contributed by atoms with E-state index in [0.717, 1.165) is 30.5 Å². The topological polar surface area (TPSA) is 64.4 Å². The van der Waals surface area contributed by atoms with Gasteiger partial charge in [0.15, 0.2) is 5.78 Å². The molecule has 2 heterocycles. The molecule has 1 saturated heterocycles. The summed E-state index contributed by atoms with van der Waals surface area (Å²) in [5.41, 5.74) is 2.27. The third kappa shape index (κ3) is 6.49. The number of aromatic nitrogens is 2. The molecule has 2 fully saturated rings. The smallest absolute Gasteiger partial charge is 0.307 e. The maximum atomic E-state index is 14.7. The zero-order valence-electron chi connectivity index (χ0n) is 19.2. The Morgan fingerprint density at radius 2 is 2.03 bits per heavy atom. The largest absolute Gasteiger partial charge is 0.466 e. The number of esters is 1. The maximum absolute atomic E-state index is 14.7. The highest BCUT2D eigenvalue weighted by atomic mass is 35.5. The van der Waals surface area contributed by atoms with Gasteiger partial charge in [-0.25, -0.2) is 4.39 Å². The van der Waals surface area contributed by atoms with Crippen molar-refractivity contribution in [2.75, 3.05) is 19.7 Å². The molecule has 1 aliphatic carbocycles. The maximum Gasteiger partial charge on any atom is 0.307 e. The summed E-state index contributed by atoms with van der Waals surface area (Å²) >= 11 is 4.76. The van der Waals surface area contributed by atoms with Crippen molar-refractivity contribution >= 4 is 42.9 Å². The van der Waals surface area contributed by atoms with Crippen molar-refractivity contribution in [2.24, 2.45) is 5.92 Å². The first kappa shape index (κ1) is 26.4. The first-order valence-electron chi connectivity index (χ1n) is 11.6. The molecule has 1 aromatic carbocycles. The molecule has 0 spiro atoms. The normalized spacial score (nSPS) is 20.6. The Balaban J connectivity index is 0.00000324. The Morgan fingerprint density at radius 1 is 1.26 bits per heavy atom. The summed E-state index contributed by atoms with van der Waals surface area (Å²) in [6.45, 7) is 3.81. The summed E-state index contributed by atoms with van der Waals surface area (Å²) in [5.74, 6) is -0.438. The average molecular weight is 508 g/mol. The number of benzene rings is 1. The lowest BCUT2D eigenvalue weighted by Crippen LogP contribution is -2.42. The number of carbonyl (C=O) groups is 2. The quantitative estimate of drug-likeness (QED) is 0.400. The molecule has 2 atom stereocenters. The Bertz CT molecular complexity index is 1040. The van der Waals surface area contributed by atoms with Crippen molar-refractivity contribution in [3.8, 4) is 0 Å². The van der Waals surface area contributed by atoms with E-state index in [4.69, 9.17) is 17.4 Å². The number of likely N-dealkylation sites (tertiary alicyclic amines) is 1. The summed E-state index contributed by atoms with van der Waals surface area (Å²) in [6, 6.07) is 7.90. The second-order valence-electron chi connectivity index (χ2n) is 8.65. The van der Waals surface area contributed by atoms with E-state index in [-0.39, 0.29) is 47.6 Å². The molecule has 0 bridgehead atoms. The third-order valence-corrected chi connectivity index (χ3v) is 6.75. The predicted octanol–water partition coefficient (Wildman–Crippen LogP) is 4.51. The number of piperidine rings is 1.